The molecule has 1 aromatic carbocycles. The first kappa shape index (κ1) is 14.0. The van der Waals surface area contributed by atoms with Gasteiger partial charge in [0.05, 0.1) is 19.3 Å². The van der Waals surface area contributed by atoms with Gasteiger partial charge in [0, 0.05) is 7.05 Å². The van der Waals surface area contributed by atoms with Crippen molar-refractivity contribution in [2.45, 2.75) is 13.0 Å². The summed E-state index contributed by atoms with van der Waals surface area (Å²) in [6.07, 6.45) is 1.14. The minimum atomic E-state index is -0.482. The molecule has 0 saturated heterocycles. The Morgan fingerprint density at radius 2 is 1.95 bits per heavy atom. The molecular formula is C14H17FN4O. The highest BCUT2D eigenvalue weighted by atomic mass is 19.1. The Morgan fingerprint density at radius 1 is 1.25 bits per heavy atom. The fourth-order valence-corrected chi connectivity index (χ4v) is 1.77. The lowest BCUT2D eigenvalue weighted by Gasteiger charge is -2.16. The molecule has 20 heavy (non-hydrogen) atoms. The van der Waals surface area contributed by atoms with Gasteiger partial charge >= 0.3 is 0 Å². The topological polar surface area (TPSA) is 59.1 Å². The Morgan fingerprint density at radius 3 is 2.55 bits per heavy atom. The van der Waals surface area contributed by atoms with E-state index in [0.29, 0.717) is 5.95 Å². The molecule has 0 saturated carbocycles. The number of aromatic nitrogens is 2. The SMILES string of the molecule is CNc1ncc(F)c(NC(C)c2ccc(OC)cc2)n1. The van der Waals surface area contributed by atoms with Gasteiger partial charge in [0.1, 0.15) is 5.75 Å². The van der Waals surface area contributed by atoms with Crippen molar-refractivity contribution in [3.05, 3.63) is 41.8 Å². The number of methoxy groups -OCH3 is 1. The predicted octanol–water partition coefficient (Wildman–Crippen LogP) is 2.84. The molecule has 0 amide bonds. The van der Waals surface area contributed by atoms with Crippen LogP contribution in [0.2, 0.25) is 0 Å². The zero-order valence-electron chi connectivity index (χ0n) is 11.6. The monoisotopic (exact) mass is 276 g/mol. The molecule has 5 nitrogen and oxygen atoms in total. The Bertz CT molecular complexity index is 574. The van der Waals surface area contributed by atoms with E-state index in [9.17, 15) is 4.39 Å². The lowest BCUT2D eigenvalue weighted by atomic mass is 10.1. The van der Waals surface area contributed by atoms with Crippen LogP contribution in [0.1, 0.15) is 18.5 Å². The third kappa shape index (κ3) is 3.14. The number of rotatable bonds is 5. The molecule has 106 valence electrons. The van der Waals surface area contributed by atoms with Gasteiger partial charge in [0.15, 0.2) is 11.6 Å². The number of nitrogens with one attached hydrogen (secondary N) is 2. The summed E-state index contributed by atoms with van der Waals surface area (Å²) < 4.78 is 18.8. The number of hydrogen-bond donors (Lipinski definition) is 2. The van der Waals surface area contributed by atoms with Crippen LogP contribution in [0.3, 0.4) is 0 Å². The van der Waals surface area contributed by atoms with E-state index in [1.54, 1.807) is 14.2 Å². The van der Waals surface area contributed by atoms with E-state index in [-0.39, 0.29) is 11.9 Å². The Hall–Kier alpha value is -2.37. The number of benzene rings is 1. The van der Waals surface area contributed by atoms with Crippen LogP contribution in [0.5, 0.6) is 5.75 Å². The summed E-state index contributed by atoms with van der Waals surface area (Å²) in [6.45, 7) is 1.93. The second kappa shape index (κ2) is 6.18. The molecule has 0 aliphatic rings. The van der Waals surface area contributed by atoms with Gasteiger partial charge in [0.2, 0.25) is 5.95 Å². The van der Waals surface area contributed by atoms with Crippen molar-refractivity contribution in [3.8, 4) is 5.75 Å². The molecule has 6 heteroatoms. The van der Waals surface area contributed by atoms with E-state index in [0.717, 1.165) is 17.5 Å². The normalized spacial score (nSPS) is 11.8. The zero-order chi connectivity index (χ0) is 14.5. The van der Waals surface area contributed by atoms with Crippen LogP contribution in [0.15, 0.2) is 30.5 Å². The smallest absolute Gasteiger partial charge is 0.224 e. The van der Waals surface area contributed by atoms with Crippen molar-refractivity contribution in [3.63, 3.8) is 0 Å². The van der Waals surface area contributed by atoms with Crippen LogP contribution in [-0.2, 0) is 0 Å². The predicted molar refractivity (Wildman–Crippen MR) is 76.6 cm³/mol. The van der Waals surface area contributed by atoms with Crippen molar-refractivity contribution in [1.29, 1.82) is 0 Å². The fraction of sp³-hybridized carbons (Fsp3) is 0.286. The molecule has 2 rings (SSSR count). The van der Waals surface area contributed by atoms with Crippen LogP contribution < -0.4 is 15.4 Å². The molecule has 1 aromatic heterocycles. The molecule has 0 spiro atoms. The minimum Gasteiger partial charge on any atom is -0.497 e. The van der Waals surface area contributed by atoms with E-state index in [1.165, 1.54) is 0 Å². The van der Waals surface area contributed by atoms with Crippen LogP contribution in [0, 0.1) is 5.82 Å². The summed E-state index contributed by atoms with van der Waals surface area (Å²) in [7, 11) is 3.30. The fourth-order valence-electron chi connectivity index (χ4n) is 1.77. The largest absolute Gasteiger partial charge is 0.497 e. The lowest BCUT2D eigenvalue weighted by molar-refractivity contribution is 0.414. The Kier molecular flexibility index (Phi) is 4.34. The summed E-state index contributed by atoms with van der Waals surface area (Å²) >= 11 is 0. The number of halogens is 1. The summed E-state index contributed by atoms with van der Waals surface area (Å²) in [5.74, 6) is 0.847. The Labute approximate surface area is 117 Å². The van der Waals surface area contributed by atoms with Gasteiger partial charge in [-0.3, -0.25) is 0 Å². The highest BCUT2D eigenvalue weighted by Gasteiger charge is 2.11. The minimum absolute atomic E-state index is 0.0880. The second-order valence-electron chi connectivity index (χ2n) is 4.28. The van der Waals surface area contributed by atoms with Crippen LogP contribution in [0.25, 0.3) is 0 Å². The van der Waals surface area contributed by atoms with Crippen molar-refractivity contribution in [2.24, 2.45) is 0 Å². The molecule has 2 aromatic rings. The molecule has 1 heterocycles. The zero-order valence-corrected chi connectivity index (χ0v) is 11.6. The van der Waals surface area contributed by atoms with E-state index in [4.69, 9.17) is 4.74 Å². The van der Waals surface area contributed by atoms with E-state index < -0.39 is 5.82 Å². The first-order valence-corrected chi connectivity index (χ1v) is 6.25. The maximum Gasteiger partial charge on any atom is 0.224 e. The van der Waals surface area contributed by atoms with Crippen molar-refractivity contribution < 1.29 is 9.13 Å². The van der Waals surface area contributed by atoms with E-state index in [1.807, 2.05) is 31.2 Å². The summed E-state index contributed by atoms with van der Waals surface area (Å²) in [5, 5.41) is 5.81. The van der Waals surface area contributed by atoms with Crippen LogP contribution in [-0.4, -0.2) is 24.1 Å². The average molecular weight is 276 g/mol. The van der Waals surface area contributed by atoms with Crippen molar-refractivity contribution >= 4 is 11.8 Å². The van der Waals surface area contributed by atoms with Crippen LogP contribution in [0.4, 0.5) is 16.2 Å². The lowest BCUT2D eigenvalue weighted by Crippen LogP contribution is -2.11. The van der Waals surface area contributed by atoms with Gasteiger partial charge < -0.3 is 15.4 Å². The van der Waals surface area contributed by atoms with Gasteiger partial charge in [0.25, 0.3) is 0 Å². The molecule has 0 fully saturated rings. The number of nitrogens with zero attached hydrogens (tertiary/aromatic N) is 2. The first-order chi connectivity index (χ1) is 9.63. The molecule has 0 aliphatic carbocycles. The van der Waals surface area contributed by atoms with E-state index in [2.05, 4.69) is 20.6 Å². The number of hydrogen-bond acceptors (Lipinski definition) is 5. The summed E-state index contributed by atoms with van der Waals surface area (Å²) in [6, 6.07) is 7.49. The maximum absolute atomic E-state index is 13.7. The third-order valence-electron chi connectivity index (χ3n) is 2.94. The second-order valence-corrected chi connectivity index (χ2v) is 4.28. The molecule has 0 radical (unpaired) electrons. The molecular weight excluding hydrogens is 259 g/mol. The van der Waals surface area contributed by atoms with E-state index >= 15 is 0 Å². The number of ether oxygens (including phenoxy) is 1. The molecule has 0 bridgehead atoms. The van der Waals surface area contributed by atoms with Crippen LogP contribution >= 0.6 is 0 Å². The van der Waals surface area contributed by atoms with Gasteiger partial charge in [-0.2, -0.15) is 4.98 Å². The van der Waals surface area contributed by atoms with Gasteiger partial charge in [-0.1, -0.05) is 12.1 Å². The maximum atomic E-state index is 13.7. The van der Waals surface area contributed by atoms with Crippen molar-refractivity contribution in [1.82, 2.24) is 9.97 Å². The highest BCUT2D eigenvalue weighted by Crippen LogP contribution is 2.22. The molecule has 0 aliphatic heterocycles. The standard InChI is InChI=1S/C14H17FN4O/c1-9(10-4-6-11(20-3)7-5-10)18-13-12(15)8-17-14(16-2)19-13/h4-9H,1-3H3,(H2,16,17,18,19). The van der Waals surface area contributed by atoms with Gasteiger partial charge in [-0.05, 0) is 24.6 Å². The van der Waals surface area contributed by atoms with Crippen molar-refractivity contribution in [2.75, 3.05) is 24.8 Å². The third-order valence-corrected chi connectivity index (χ3v) is 2.94. The molecule has 2 N–H and O–H groups in total. The Balaban J connectivity index is 2.15. The average Bonchev–Trinajstić information content (AvgIpc) is 2.49. The summed E-state index contributed by atoms with van der Waals surface area (Å²) in [5.41, 5.74) is 1.01. The van der Waals surface area contributed by atoms with Gasteiger partial charge in [-0.25, -0.2) is 9.37 Å². The molecule has 1 unspecified atom stereocenters. The first-order valence-electron chi connectivity index (χ1n) is 6.25. The van der Waals surface area contributed by atoms with Gasteiger partial charge in [-0.15, -0.1) is 0 Å². The quantitative estimate of drug-likeness (QED) is 0.879. The number of anilines is 2. The summed E-state index contributed by atoms with van der Waals surface area (Å²) in [4.78, 5) is 7.86. The molecule has 1 atom stereocenters. The highest BCUT2D eigenvalue weighted by molar-refractivity contribution is 5.43.